The number of ether oxygens (including phenoxy) is 2. The number of hydrogen-bond donors (Lipinski definition) is 3. The van der Waals surface area contributed by atoms with Gasteiger partial charge in [-0.3, -0.25) is 4.79 Å². The molecule has 1 aromatic rings. The van der Waals surface area contributed by atoms with Crippen molar-refractivity contribution in [3.8, 4) is 0 Å². The number of amides is 1. The Bertz CT molecular complexity index is 615. The van der Waals surface area contributed by atoms with Crippen LogP contribution in [-0.2, 0) is 20.7 Å². The molecule has 1 amide bonds. The second-order valence-corrected chi connectivity index (χ2v) is 6.88. The van der Waals surface area contributed by atoms with Crippen molar-refractivity contribution < 1.29 is 14.3 Å². The van der Waals surface area contributed by atoms with Crippen LogP contribution in [0.25, 0.3) is 0 Å². The predicted molar refractivity (Wildman–Crippen MR) is 113 cm³/mol. The third-order valence-corrected chi connectivity index (χ3v) is 4.48. The zero-order chi connectivity index (χ0) is 20.0. The first-order valence-electron chi connectivity index (χ1n) is 10.3. The molecule has 0 aliphatic carbocycles. The summed E-state index contributed by atoms with van der Waals surface area (Å²) in [6.45, 7) is 8.80. The van der Waals surface area contributed by atoms with Gasteiger partial charge >= 0.3 is 0 Å². The fourth-order valence-corrected chi connectivity index (χ4v) is 2.91. The molecule has 1 fully saturated rings. The van der Waals surface area contributed by atoms with E-state index < -0.39 is 0 Å². The van der Waals surface area contributed by atoms with Crippen LogP contribution >= 0.6 is 0 Å². The molecule has 0 bridgehead atoms. The minimum Gasteiger partial charge on any atom is -0.381 e. The zero-order valence-electron chi connectivity index (χ0n) is 17.1. The molecule has 1 heterocycles. The minimum atomic E-state index is -0.132. The van der Waals surface area contributed by atoms with Gasteiger partial charge in [0, 0.05) is 37.9 Å². The molecule has 0 radical (unpaired) electrons. The normalized spacial score (nSPS) is 16.8. The van der Waals surface area contributed by atoms with E-state index in [2.05, 4.69) is 27.9 Å². The molecule has 1 aliphatic rings. The molecule has 0 saturated carbocycles. The Morgan fingerprint density at radius 2 is 2.21 bits per heavy atom. The summed E-state index contributed by atoms with van der Waals surface area (Å²) in [6.07, 6.45) is 2.92. The lowest BCUT2D eigenvalue weighted by molar-refractivity contribution is -0.114. The van der Waals surface area contributed by atoms with Crippen LogP contribution in [0, 0.1) is 5.92 Å². The highest BCUT2D eigenvalue weighted by Gasteiger charge is 2.15. The Morgan fingerprint density at radius 3 is 2.96 bits per heavy atom. The van der Waals surface area contributed by atoms with Gasteiger partial charge in [-0.25, -0.2) is 4.99 Å². The van der Waals surface area contributed by atoms with E-state index in [4.69, 9.17) is 9.47 Å². The van der Waals surface area contributed by atoms with Crippen molar-refractivity contribution in [2.24, 2.45) is 10.9 Å². The first-order chi connectivity index (χ1) is 13.7. The fraction of sp³-hybridized carbons (Fsp3) is 0.619. The summed E-state index contributed by atoms with van der Waals surface area (Å²) in [5, 5.41) is 9.29. The Morgan fingerprint density at radius 1 is 1.32 bits per heavy atom. The van der Waals surface area contributed by atoms with E-state index in [0.29, 0.717) is 18.5 Å². The maximum atomic E-state index is 12.2. The van der Waals surface area contributed by atoms with Crippen LogP contribution in [0.15, 0.2) is 29.3 Å². The molecule has 1 aliphatic heterocycles. The van der Waals surface area contributed by atoms with Gasteiger partial charge in [-0.15, -0.1) is 0 Å². The van der Waals surface area contributed by atoms with E-state index in [-0.39, 0.29) is 12.5 Å². The number of benzene rings is 1. The Balaban J connectivity index is 1.66. The summed E-state index contributed by atoms with van der Waals surface area (Å²) < 4.78 is 11.0. The highest BCUT2D eigenvalue weighted by atomic mass is 16.5. The topological polar surface area (TPSA) is 84.0 Å². The summed E-state index contributed by atoms with van der Waals surface area (Å²) in [5.41, 5.74) is 2.00. The van der Waals surface area contributed by atoms with Gasteiger partial charge < -0.3 is 25.4 Å². The largest absolute Gasteiger partial charge is 0.381 e. The summed E-state index contributed by atoms with van der Waals surface area (Å²) in [4.78, 5) is 16.5. The minimum absolute atomic E-state index is 0.0733. The van der Waals surface area contributed by atoms with Crippen molar-refractivity contribution in [2.75, 3.05) is 51.4 Å². The van der Waals surface area contributed by atoms with Crippen molar-refractivity contribution in [1.82, 2.24) is 10.6 Å². The standard InChI is InChI=1S/C21H34N4O3/c1-3-17-7-5-8-19(13-17)25-20(26)14-24-21(22-4-2)23-10-6-11-27-15-18-9-12-28-16-18/h5,7-8,13,18H,3-4,6,9-12,14-16H2,1-2H3,(H,25,26)(H2,22,23,24). The molecule has 156 valence electrons. The lowest BCUT2D eigenvalue weighted by atomic mass is 10.1. The number of rotatable bonds is 11. The van der Waals surface area contributed by atoms with E-state index in [9.17, 15) is 4.79 Å². The van der Waals surface area contributed by atoms with Crippen molar-refractivity contribution in [1.29, 1.82) is 0 Å². The number of aryl methyl sites for hydroxylation is 1. The van der Waals surface area contributed by atoms with Crippen LogP contribution < -0.4 is 16.0 Å². The van der Waals surface area contributed by atoms with Gasteiger partial charge in [0.25, 0.3) is 0 Å². The maximum absolute atomic E-state index is 12.2. The molecular weight excluding hydrogens is 356 g/mol. The van der Waals surface area contributed by atoms with Gasteiger partial charge in [0.05, 0.1) is 13.2 Å². The lowest BCUT2D eigenvalue weighted by Crippen LogP contribution is -2.38. The molecule has 28 heavy (non-hydrogen) atoms. The number of guanidine groups is 1. The molecule has 0 spiro atoms. The highest BCUT2D eigenvalue weighted by Crippen LogP contribution is 2.12. The molecule has 7 nitrogen and oxygen atoms in total. The molecule has 1 saturated heterocycles. The van der Waals surface area contributed by atoms with Crippen molar-refractivity contribution in [2.45, 2.75) is 33.1 Å². The van der Waals surface area contributed by atoms with Crippen LogP contribution in [0.4, 0.5) is 5.69 Å². The van der Waals surface area contributed by atoms with Crippen LogP contribution in [0.1, 0.15) is 32.3 Å². The summed E-state index contributed by atoms with van der Waals surface area (Å²) in [5.74, 6) is 1.06. The average Bonchev–Trinajstić information content (AvgIpc) is 3.22. The third-order valence-electron chi connectivity index (χ3n) is 4.48. The molecule has 1 unspecified atom stereocenters. The van der Waals surface area contributed by atoms with Gasteiger partial charge in [0.1, 0.15) is 6.54 Å². The first kappa shape index (κ1) is 22.2. The SMILES string of the molecule is CCNC(=NCC(=O)Nc1cccc(CC)c1)NCCCOCC1CCOC1. The van der Waals surface area contributed by atoms with Crippen LogP contribution in [0.5, 0.6) is 0 Å². The molecule has 1 aromatic carbocycles. The van der Waals surface area contributed by atoms with Crippen molar-refractivity contribution in [3.63, 3.8) is 0 Å². The van der Waals surface area contributed by atoms with Crippen molar-refractivity contribution in [3.05, 3.63) is 29.8 Å². The number of anilines is 1. The summed E-state index contributed by atoms with van der Waals surface area (Å²) in [7, 11) is 0. The highest BCUT2D eigenvalue weighted by molar-refractivity contribution is 5.94. The summed E-state index contributed by atoms with van der Waals surface area (Å²) in [6, 6.07) is 7.88. The number of hydrogen-bond acceptors (Lipinski definition) is 4. The van der Waals surface area contributed by atoms with Gasteiger partial charge in [-0.1, -0.05) is 19.1 Å². The number of carbonyl (C=O) groups excluding carboxylic acids is 1. The van der Waals surface area contributed by atoms with Crippen LogP contribution in [0.2, 0.25) is 0 Å². The summed E-state index contributed by atoms with van der Waals surface area (Å²) >= 11 is 0. The predicted octanol–water partition coefficient (Wildman–Crippen LogP) is 2.19. The van der Waals surface area contributed by atoms with Crippen LogP contribution in [-0.4, -0.2) is 57.9 Å². The monoisotopic (exact) mass is 390 g/mol. The smallest absolute Gasteiger partial charge is 0.246 e. The second kappa shape index (κ2) is 13.1. The van der Waals surface area contributed by atoms with E-state index >= 15 is 0 Å². The molecule has 3 N–H and O–H groups in total. The molecule has 7 heteroatoms. The van der Waals surface area contributed by atoms with Crippen molar-refractivity contribution >= 4 is 17.6 Å². The quantitative estimate of drug-likeness (QED) is 0.306. The van der Waals surface area contributed by atoms with Gasteiger partial charge in [-0.05, 0) is 43.9 Å². The maximum Gasteiger partial charge on any atom is 0.246 e. The van der Waals surface area contributed by atoms with Gasteiger partial charge in [0.2, 0.25) is 5.91 Å². The Labute approximate surface area is 168 Å². The third kappa shape index (κ3) is 8.71. The van der Waals surface area contributed by atoms with E-state index in [1.54, 1.807) is 0 Å². The fourth-order valence-electron chi connectivity index (χ4n) is 2.91. The molecule has 2 rings (SSSR count). The van der Waals surface area contributed by atoms with Gasteiger partial charge in [0.15, 0.2) is 5.96 Å². The number of aliphatic imine (C=N–C) groups is 1. The number of nitrogens with one attached hydrogen (secondary N) is 3. The van der Waals surface area contributed by atoms with E-state index in [0.717, 1.165) is 57.9 Å². The van der Waals surface area contributed by atoms with E-state index in [1.165, 1.54) is 5.56 Å². The average molecular weight is 391 g/mol. The van der Waals surface area contributed by atoms with Gasteiger partial charge in [-0.2, -0.15) is 0 Å². The molecular formula is C21H34N4O3. The zero-order valence-corrected chi connectivity index (χ0v) is 17.1. The molecule has 0 aromatic heterocycles. The first-order valence-corrected chi connectivity index (χ1v) is 10.3. The van der Waals surface area contributed by atoms with E-state index in [1.807, 2.05) is 31.2 Å². The molecule has 1 atom stereocenters. The van der Waals surface area contributed by atoms with Crippen LogP contribution in [0.3, 0.4) is 0 Å². The number of nitrogens with zero attached hydrogens (tertiary/aromatic N) is 1. The lowest BCUT2D eigenvalue weighted by Gasteiger charge is -2.12. The number of carbonyl (C=O) groups is 1. The Hall–Kier alpha value is -2.12. The second-order valence-electron chi connectivity index (χ2n) is 6.88. The Kier molecular flexibility index (Phi) is 10.4.